The minimum atomic E-state index is -0.0845. The van der Waals surface area contributed by atoms with E-state index >= 15 is 0 Å². The van der Waals surface area contributed by atoms with Gasteiger partial charge in [0.25, 0.3) is 5.56 Å². The summed E-state index contributed by atoms with van der Waals surface area (Å²) in [5.41, 5.74) is 0.588. The molecule has 0 unspecified atom stereocenters. The van der Waals surface area contributed by atoms with Gasteiger partial charge in [0.1, 0.15) is 11.1 Å². The third kappa shape index (κ3) is 1.15. The van der Waals surface area contributed by atoms with Crippen LogP contribution in [0.5, 0.6) is 5.75 Å². The number of hydrogen-bond donors (Lipinski definition) is 0. The molecule has 0 radical (unpaired) electrons. The van der Waals surface area contributed by atoms with Gasteiger partial charge in [0.15, 0.2) is 4.96 Å². The number of fused-ring (bicyclic) bond motifs is 2. The van der Waals surface area contributed by atoms with Crippen LogP contribution in [0.1, 0.15) is 0 Å². The molecule has 4 nitrogen and oxygen atoms in total. The molecular formula is C11H8N2O2S. The molecule has 0 aliphatic rings. The van der Waals surface area contributed by atoms with Gasteiger partial charge in [0.2, 0.25) is 0 Å². The fraction of sp³-hybridized carbons (Fsp3) is 0.0909. The van der Waals surface area contributed by atoms with Crippen molar-refractivity contribution in [2.45, 2.75) is 0 Å². The Balaban J connectivity index is 2.62. The molecule has 5 heteroatoms. The summed E-state index contributed by atoms with van der Waals surface area (Å²) < 4.78 is 6.72. The highest BCUT2D eigenvalue weighted by Crippen LogP contribution is 2.21. The summed E-state index contributed by atoms with van der Waals surface area (Å²) in [5, 5.41) is 2.37. The van der Waals surface area contributed by atoms with Crippen LogP contribution in [0.3, 0.4) is 0 Å². The molecule has 0 bridgehead atoms. The quantitative estimate of drug-likeness (QED) is 0.643. The van der Waals surface area contributed by atoms with Gasteiger partial charge in [0, 0.05) is 11.6 Å². The summed E-state index contributed by atoms with van der Waals surface area (Å²) in [7, 11) is 1.55. The van der Waals surface area contributed by atoms with E-state index in [1.165, 1.54) is 15.7 Å². The van der Waals surface area contributed by atoms with Gasteiger partial charge in [-0.25, -0.2) is 4.98 Å². The number of thiazole rings is 1. The zero-order valence-corrected chi connectivity index (χ0v) is 9.32. The molecule has 0 saturated heterocycles. The molecule has 0 fully saturated rings. The lowest BCUT2D eigenvalue weighted by Gasteiger charge is -2.03. The fourth-order valence-corrected chi connectivity index (χ4v) is 2.44. The first kappa shape index (κ1) is 9.35. The van der Waals surface area contributed by atoms with Crippen molar-refractivity contribution in [3.8, 4) is 5.75 Å². The standard InChI is InChI=1S/C11H8N2O2S/c1-15-8-4-2-3-7-9(8)10(14)13-5-6-16-11(13)12-7/h2-6H,1H3. The molecule has 3 rings (SSSR count). The van der Waals surface area contributed by atoms with Crippen LogP contribution in [0.25, 0.3) is 15.9 Å². The molecular weight excluding hydrogens is 224 g/mol. The molecule has 0 aliphatic heterocycles. The molecule has 0 aliphatic carbocycles. The third-order valence-electron chi connectivity index (χ3n) is 2.46. The van der Waals surface area contributed by atoms with Crippen molar-refractivity contribution >= 4 is 27.2 Å². The Hall–Kier alpha value is -1.88. The van der Waals surface area contributed by atoms with Crippen LogP contribution >= 0.6 is 11.3 Å². The van der Waals surface area contributed by atoms with Crippen LogP contribution in [-0.4, -0.2) is 16.5 Å². The predicted octanol–water partition coefficient (Wildman–Crippen LogP) is 1.92. The number of aromatic nitrogens is 2. The highest BCUT2D eigenvalue weighted by molar-refractivity contribution is 7.15. The zero-order chi connectivity index (χ0) is 11.1. The van der Waals surface area contributed by atoms with Crippen molar-refractivity contribution in [2.24, 2.45) is 0 Å². The molecule has 2 heterocycles. The van der Waals surface area contributed by atoms with E-state index in [9.17, 15) is 4.79 Å². The molecule has 0 saturated carbocycles. The Morgan fingerprint density at radius 2 is 2.31 bits per heavy atom. The first-order chi connectivity index (χ1) is 7.81. The summed E-state index contributed by atoms with van der Waals surface area (Å²) >= 11 is 1.44. The monoisotopic (exact) mass is 232 g/mol. The molecule has 0 atom stereocenters. The summed E-state index contributed by atoms with van der Waals surface area (Å²) in [6, 6.07) is 5.42. The average molecular weight is 232 g/mol. The fourth-order valence-electron chi connectivity index (χ4n) is 1.73. The van der Waals surface area contributed by atoms with Crippen molar-refractivity contribution in [3.05, 3.63) is 40.1 Å². The summed E-state index contributed by atoms with van der Waals surface area (Å²) in [6.45, 7) is 0. The Labute approximate surface area is 94.7 Å². The largest absolute Gasteiger partial charge is 0.496 e. The molecule has 1 aromatic carbocycles. The number of ether oxygens (including phenoxy) is 1. The summed E-state index contributed by atoms with van der Waals surface area (Å²) in [6.07, 6.45) is 1.72. The highest BCUT2D eigenvalue weighted by atomic mass is 32.1. The van der Waals surface area contributed by atoms with E-state index in [2.05, 4.69) is 4.98 Å². The molecule has 16 heavy (non-hydrogen) atoms. The predicted molar refractivity (Wildman–Crippen MR) is 63.4 cm³/mol. The van der Waals surface area contributed by atoms with Crippen LogP contribution in [0.15, 0.2) is 34.6 Å². The second kappa shape index (κ2) is 3.31. The van der Waals surface area contributed by atoms with E-state index in [1.807, 2.05) is 17.5 Å². The number of nitrogens with zero attached hydrogens (tertiary/aromatic N) is 2. The maximum atomic E-state index is 12.2. The molecule has 0 spiro atoms. The van der Waals surface area contributed by atoms with Crippen LogP contribution in [0.2, 0.25) is 0 Å². The van der Waals surface area contributed by atoms with Gasteiger partial charge < -0.3 is 4.74 Å². The van der Waals surface area contributed by atoms with Crippen LogP contribution < -0.4 is 10.3 Å². The van der Waals surface area contributed by atoms with E-state index in [0.717, 1.165) is 0 Å². The van der Waals surface area contributed by atoms with Crippen LogP contribution in [0, 0.1) is 0 Å². The molecule has 3 aromatic rings. The van der Waals surface area contributed by atoms with Gasteiger partial charge in [0.05, 0.1) is 12.6 Å². The minimum Gasteiger partial charge on any atom is -0.496 e. The van der Waals surface area contributed by atoms with E-state index in [0.29, 0.717) is 21.6 Å². The van der Waals surface area contributed by atoms with Crippen LogP contribution in [0.4, 0.5) is 0 Å². The van der Waals surface area contributed by atoms with Crippen LogP contribution in [-0.2, 0) is 0 Å². The first-order valence-electron chi connectivity index (χ1n) is 4.74. The van der Waals surface area contributed by atoms with Gasteiger partial charge >= 0.3 is 0 Å². The number of rotatable bonds is 1. The number of hydrogen-bond acceptors (Lipinski definition) is 4. The lowest BCUT2D eigenvalue weighted by molar-refractivity contribution is 0.419. The Kier molecular flexibility index (Phi) is 1.94. The minimum absolute atomic E-state index is 0.0845. The number of benzene rings is 1. The van der Waals surface area contributed by atoms with Gasteiger partial charge in [-0.05, 0) is 12.1 Å². The molecule has 0 amide bonds. The lowest BCUT2D eigenvalue weighted by atomic mass is 10.2. The maximum Gasteiger partial charge on any atom is 0.270 e. The topological polar surface area (TPSA) is 43.6 Å². The maximum absolute atomic E-state index is 12.2. The van der Waals surface area contributed by atoms with Gasteiger partial charge in [-0.1, -0.05) is 6.07 Å². The Morgan fingerprint density at radius 1 is 1.44 bits per heavy atom. The van der Waals surface area contributed by atoms with Crippen molar-refractivity contribution < 1.29 is 4.74 Å². The van der Waals surface area contributed by atoms with Crippen molar-refractivity contribution in [1.29, 1.82) is 0 Å². The van der Waals surface area contributed by atoms with Gasteiger partial charge in [-0.3, -0.25) is 9.20 Å². The smallest absolute Gasteiger partial charge is 0.270 e. The van der Waals surface area contributed by atoms with E-state index in [1.54, 1.807) is 19.4 Å². The molecule has 2 aromatic heterocycles. The number of methoxy groups -OCH3 is 1. The van der Waals surface area contributed by atoms with Gasteiger partial charge in [-0.15, -0.1) is 11.3 Å². The third-order valence-corrected chi connectivity index (χ3v) is 3.22. The van der Waals surface area contributed by atoms with Crippen molar-refractivity contribution in [2.75, 3.05) is 7.11 Å². The summed E-state index contributed by atoms with van der Waals surface area (Å²) in [5.74, 6) is 0.565. The Bertz CT molecular complexity index is 730. The SMILES string of the molecule is COc1cccc2nc3sccn3c(=O)c12. The summed E-state index contributed by atoms with van der Waals surface area (Å²) in [4.78, 5) is 17.3. The van der Waals surface area contributed by atoms with Crippen molar-refractivity contribution in [1.82, 2.24) is 9.38 Å². The lowest BCUT2D eigenvalue weighted by Crippen LogP contribution is -2.13. The highest BCUT2D eigenvalue weighted by Gasteiger charge is 2.10. The molecule has 80 valence electrons. The van der Waals surface area contributed by atoms with E-state index in [-0.39, 0.29) is 5.56 Å². The second-order valence-corrected chi connectivity index (χ2v) is 4.20. The van der Waals surface area contributed by atoms with Crippen molar-refractivity contribution in [3.63, 3.8) is 0 Å². The average Bonchev–Trinajstić information content (AvgIpc) is 2.76. The van der Waals surface area contributed by atoms with E-state index in [4.69, 9.17) is 4.74 Å². The second-order valence-electron chi connectivity index (χ2n) is 3.33. The zero-order valence-electron chi connectivity index (χ0n) is 8.51. The molecule has 0 N–H and O–H groups in total. The van der Waals surface area contributed by atoms with Gasteiger partial charge in [-0.2, -0.15) is 0 Å². The normalized spacial score (nSPS) is 11.1. The van der Waals surface area contributed by atoms with E-state index < -0.39 is 0 Å². The first-order valence-corrected chi connectivity index (χ1v) is 5.62. The Morgan fingerprint density at radius 3 is 3.12 bits per heavy atom.